The summed E-state index contributed by atoms with van der Waals surface area (Å²) in [5.41, 5.74) is 1.58. The van der Waals surface area contributed by atoms with Crippen LogP contribution in [0, 0.1) is 0 Å². The molecule has 0 aromatic heterocycles. The average molecular weight is 390 g/mol. The third kappa shape index (κ3) is 4.16. The minimum absolute atomic E-state index is 0.161. The molecular weight excluding hydrogens is 368 g/mol. The van der Waals surface area contributed by atoms with Crippen LogP contribution in [0.2, 0.25) is 0 Å². The van der Waals surface area contributed by atoms with Gasteiger partial charge in [0.2, 0.25) is 10.0 Å². The Balaban J connectivity index is 1.74. The van der Waals surface area contributed by atoms with Crippen LogP contribution in [0.1, 0.15) is 23.2 Å². The number of methoxy groups -OCH3 is 2. The Kier molecular flexibility index (Phi) is 5.55. The zero-order valence-corrected chi connectivity index (χ0v) is 16.1. The zero-order valence-electron chi connectivity index (χ0n) is 15.3. The molecule has 2 aromatic rings. The zero-order chi connectivity index (χ0) is 19.4. The SMILES string of the molecule is COc1ccc(NC(=O)c2ccc(N3CCCCS3(=O)=O)cc2)cc1OC. The summed E-state index contributed by atoms with van der Waals surface area (Å²) in [5, 5.41) is 2.79. The summed E-state index contributed by atoms with van der Waals surface area (Å²) in [6.07, 6.45) is 1.52. The average Bonchev–Trinajstić information content (AvgIpc) is 2.67. The molecule has 1 N–H and O–H groups in total. The van der Waals surface area contributed by atoms with Crippen LogP contribution in [0.4, 0.5) is 11.4 Å². The van der Waals surface area contributed by atoms with Gasteiger partial charge in [0.15, 0.2) is 11.5 Å². The van der Waals surface area contributed by atoms with Crippen molar-refractivity contribution in [2.24, 2.45) is 0 Å². The number of rotatable bonds is 5. The summed E-state index contributed by atoms with van der Waals surface area (Å²) in [4.78, 5) is 12.5. The number of nitrogens with zero attached hydrogens (tertiary/aromatic N) is 1. The van der Waals surface area contributed by atoms with Gasteiger partial charge in [0.25, 0.3) is 5.91 Å². The van der Waals surface area contributed by atoms with Crippen LogP contribution in [0.15, 0.2) is 42.5 Å². The number of sulfonamides is 1. The number of amides is 1. The van der Waals surface area contributed by atoms with Gasteiger partial charge in [0.05, 0.1) is 25.7 Å². The highest BCUT2D eigenvalue weighted by Crippen LogP contribution is 2.30. The Morgan fingerprint density at radius 1 is 1.00 bits per heavy atom. The van der Waals surface area contributed by atoms with Gasteiger partial charge in [-0.25, -0.2) is 8.42 Å². The number of nitrogens with one attached hydrogen (secondary N) is 1. The normalized spacial score (nSPS) is 15.9. The molecule has 1 aliphatic heterocycles. The highest BCUT2D eigenvalue weighted by Gasteiger charge is 2.26. The first-order chi connectivity index (χ1) is 12.9. The van der Waals surface area contributed by atoms with Gasteiger partial charge in [-0.1, -0.05) is 0 Å². The van der Waals surface area contributed by atoms with Crippen molar-refractivity contribution in [2.45, 2.75) is 12.8 Å². The van der Waals surface area contributed by atoms with Crippen molar-refractivity contribution in [1.82, 2.24) is 0 Å². The van der Waals surface area contributed by atoms with Crippen molar-refractivity contribution in [2.75, 3.05) is 36.1 Å². The molecule has 1 saturated heterocycles. The van der Waals surface area contributed by atoms with Gasteiger partial charge in [-0.15, -0.1) is 0 Å². The van der Waals surface area contributed by atoms with Gasteiger partial charge < -0.3 is 14.8 Å². The number of hydrogen-bond donors (Lipinski definition) is 1. The Morgan fingerprint density at radius 3 is 2.33 bits per heavy atom. The molecule has 0 atom stereocenters. The van der Waals surface area contributed by atoms with Crippen molar-refractivity contribution in [3.05, 3.63) is 48.0 Å². The molecule has 1 fully saturated rings. The molecule has 27 heavy (non-hydrogen) atoms. The fourth-order valence-corrected chi connectivity index (χ4v) is 4.61. The number of carbonyl (C=O) groups excluding carboxylic acids is 1. The smallest absolute Gasteiger partial charge is 0.255 e. The van der Waals surface area contributed by atoms with E-state index in [2.05, 4.69) is 5.32 Å². The maximum Gasteiger partial charge on any atom is 0.255 e. The summed E-state index contributed by atoms with van der Waals surface area (Å²) < 4.78 is 36.2. The van der Waals surface area contributed by atoms with E-state index in [9.17, 15) is 13.2 Å². The summed E-state index contributed by atoms with van der Waals surface area (Å²) in [5.74, 6) is 0.952. The van der Waals surface area contributed by atoms with E-state index in [4.69, 9.17) is 9.47 Å². The Labute approximate surface area is 158 Å². The van der Waals surface area contributed by atoms with E-state index in [-0.39, 0.29) is 11.7 Å². The molecule has 7 nitrogen and oxygen atoms in total. The highest BCUT2D eigenvalue weighted by molar-refractivity contribution is 7.92. The van der Waals surface area contributed by atoms with E-state index < -0.39 is 10.0 Å². The van der Waals surface area contributed by atoms with Crippen molar-refractivity contribution < 1.29 is 22.7 Å². The Bertz CT molecular complexity index is 926. The summed E-state index contributed by atoms with van der Waals surface area (Å²) in [6, 6.07) is 11.7. The largest absolute Gasteiger partial charge is 0.493 e. The number of hydrogen-bond acceptors (Lipinski definition) is 5. The number of carbonyl (C=O) groups is 1. The van der Waals surface area contributed by atoms with Gasteiger partial charge in [-0.3, -0.25) is 9.10 Å². The number of anilines is 2. The summed E-state index contributed by atoms with van der Waals surface area (Å²) in [6.45, 7) is 0.472. The third-order valence-corrected chi connectivity index (χ3v) is 6.28. The van der Waals surface area contributed by atoms with E-state index in [1.165, 1.54) is 11.4 Å². The molecule has 1 heterocycles. The molecule has 2 aromatic carbocycles. The minimum Gasteiger partial charge on any atom is -0.493 e. The second-order valence-electron chi connectivity index (χ2n) is 6.17. The van der Waals surface area contributed by atoms with E-state index in [1.54, 1.807) is 49.6 Å². The Morgan fingerprint density at radius 2 is 1.70 bits per heavy atom. The summed E-state index contributed by atoms with van der Waals surface area (Å²) in [7, 11) is -0.199. The fourth-order valence-electron chi connectivity index (χ4n) is 2.98. The lowest BCUT2D eigenvalue weighted by Crippen LogP contribution is -2.37. The standard InChI is InChI=1S/C19H22N2O5S/c1-25-17-10-7-15(13-18(17)26-2)20-19(22)14-5-8-16(9-6-14)21-11-3-4-12-27(21,23)24/h5-10,13H,3-4,11-12H2,1-2H3,(H,20,22). The quantitative estimate of drug-likeness (QED) is 0.849. The first-order valence-corrected chi connectivity index (χ1v) is 10.2. The van der Waals surface area contributed by atoms with E-state index in [0.717, 1.165) is 6.42 Å². The lowest BCUT2D eigenvalue weighted by atomic mass is 10.1. The molecule has 0 spiro atoms. The molecule has 3 rings (SSSR count). The second kappa shape index (κ2) is 7.87. The van der Waals surface area contributed by atoms with Crippen LogP contribution in [-0.4, -0.2) is 40.8 Å². The first-order valence-electron chi connectivity index (χ1n) is 8.58. The van der Waals surface area contributed by atoms with Gasteiger partial charge in [-0.05, 0) is 49.2 Å². The molecule has 144 valence electrons. The van der Waals surface area contributed by atoms with Crippen LogP contribution in [0.5, 0.6) is 11.5 Å². The second-order valence-corrected chi connectivity index (χ2v) is 8.18. The van der Waals surface area contributed by atoms with Crippen molar-refractivity contribution in [1.29, 1.82) is 0 Å². The van der Waals surface area contributed by atoms with Crippen LogP contribution in [0.25, 0.3) is 0 Å². The lowest BCUT2D eigenvalue weighted by Gasteiger charge is -2.28. The molecule has 0 saturated carbocycles. The molecule has 0 radical (unpaired) electrons. The summed E-state index contributed by atoms with van der Waals surface area (Å²) >= 11 is 0. The number of benzene rings is 2. The predicted octanol–water partition coefficient (Wildman–Crippen LogP) is 2.89. The van der Waals surface area contributed by atoms with Gasteiger partial charge in [-0.2, -0.15) is 0 Å². The van der Waals surface area contributed by atoms with Crippen LogP contribution >= 0.6 is 0 Å². The minimum atomic E-state index is -3.27. The van der Waals surface area contributed by atoms with E-state index >= 15 is 0 Å². The van der Waals surface area contributed by atoms with Crippen molar-refractivity contribution in [3.63, 3.8) is 0 Å². The van der Waals surface area contributed by atoms with Crippen LogP contribution < -0.4 is 19.1 Å². The maximum absolute atomic E-state index is 12.5. The highest BCUT2D eigenvalue weighted by atomic mass is 32.2. The number of ether oxygens (including phenoxy) is 2. The van der Waals surface area contributed by atoms with Crippen LogP contribution in [0.3, 0.4) is 0 Å². The van der Waals surface area contributed by atoms with Crippen molar-refractivity contribution in [3.8, 4) is 11.5 Å². The predicted molar refractivity (Wildman–Crippen MR) is 104 cm³/mol. The van der Waals surface area contributed by atoms with E-state index in [1.807, 2.05) is 0 Å². The first kappa shape index (κ1) is 19.0. The molecule has 1 amide bonds. The monoisotopic (exact) mass is 390 g/mol. The topological polar surface area (TPSA) is 84.9 Å². The van der Waals surface area contributed by atoms with Gasteiger partial charge >= 0.3 is 0 Å². The fraction of sp³-hybridized carbons (Fsp3) is 0.316. The maximum atomic E-state index is 12.5. The molecule has 8 heteroatoms. The van der Waals surface area contributed by atoms with Gasteiger partial charge in [0, 0.05) is 23.9 Å². The molecule has 0 unspecified atom stereocenters. The van der Waals surface area contributed by atoms with Crippen LogP contribution in [-0.2, 0) is 10.0 Å². The molecule has 0 bridgehead atoms. The van der Waals surface area contributed by atoms with E-state index in [0.29, 0.717) is 41.4 Å². The molecular formula is C19H22N2O5S. The van der Waals surface area contributed by atoms with Crippen molar-refractivity contribution >= 4 is 27.3 Å². The molecule has 1 aliphatic rings. The molecule has 0 aliphatic carbocycles. The third-order valence-electron chi connectivity index (χ3n) is 4.41. The Hall–Kier alpha value is -2.74. The lowest BCUT2D eigenvalue weighted by molar-refractivity contribution is 0.102. The van der Waals surface area contributed by atoms with Gasteiger partial charge in [0.1, 0.15) is 0 Å².